The number of amides is 1. The monoisotopic (exact) mass is 282 g/mol. The van der Waals surface area contributed by atoms with E-state index in [4.69, 9.17) is 19.9 Å². The minimum Gasteiger partial charge on any atom is -0.496 e. The summed E-state index contributed by atoms with van der Waals surface area (Å²) in [6.45, 7) is 0.248. The van der Waals surface area contributed by atoms with E-state index in [2.05, 4.69) is 5.32 Å². The summed E-state index contributed by atoms with van der Waals surface area (Å²) in [5, 5.41) is 2.61. The standard InChI is InChI=1S/C14H22N2O4/c1-16-14(17)9(8-15)5-11-12(19-3)6-10(18-2)7-13(11)20-4/h6-7,9H,5,8,15H2,1-4H3,(H,16,17). The molecule has 20 heavy (non-hydrogen) atoms. The Morgan fingerprint density at radius 3 is 2.10 bits per heavy atom. The SMILES string of the molecule is CNC(=O)C(CN)Cc1c(OC)cc(OC)cc1OC. The van der Waals surface area contributed by atoms with Gasteiger partial charge in [-0.1, -0.05) is 0 Å². The zero-order valence-electron chi connectivity index (χ0n) is 12.4. The van der Waals surface area contributed by atoms with Crippen molar-refractivity contribution in [2.75, 3.05) is 34.9 Å². The van der Waals surface area contributed by atoms with Crippen molar-refractivity contribution in [2.24, 2.45) is 11.7 Å². The molecule has 1 aromatic rings. The van der Waals surface area contributed by atoms with Gasteiger partial charge in [-0.3, -0.25) is 4.79 Å². The van der Waals surface area contributed by atoms with Crippen LogP contribution in [0.4, 0.5) is 0 Å². The Kier molecular flexibility index (Phi) is 6.11. The second kappa shape index (κ2) is 7.59. The first-order valence-corrected chi connectivity index (χ1v) is 6.31. The Bertz CT molecular complexity index is 437. The lowest BCUT2D eigenvalue weighted by molar-refractivity contribution is -0.124. The topological polar surface area (TPSA) is 82.8 Å². The Morgan fingerprint density at radius 1 is 1.20 bits per heavy atom. The number of carbonyl (C=O) groups is 1. The summed E-state index contributed by atoms with van der Waals surface area (Å²) >= 11 is 0. The highest BCUT2D eigenvalue weighted by Crippen LogP contribution is 2.35. The van der Waals surface area contributed by atoms with Crippen molar-refractivity contribution in [3.8, 4) is 17.2 Å². The third-order valence-electron chi connectivity index (χ3n) is 3.17. The molecular formula is C14H22N2O4. The third-order valence-corrected chi connectivity index (χ3v) is 3.17. The molecule has 0 heterocycles. The maximum atomic E-state index is 11.8. The molecule has 0 aliphatic carbocycles. The van der Waals surface area contributed by atoms with Crippen LogP contribution in [0.1, 0.15) is 5.56 Å². The van der Waals surface area contributed by atoms with Crippen LogP contribution in [0.3, 0.4) is 0 Å². The maximum Gasteiger partial charge on any atom is 0.224 e. The molecule has 112 valence electrons. The summed E-state index contributed by atoms with van der Waals surface area (Å²) < 4.78 is 15.9. The highest BCUT2D eigenvalue weighted by Gasteiger charge is 2.21. The molecule has 1 unspecified atom stereocenters. The summed E-state index contributed by atoms with van der Waals surface area (Å²) in [5.41, 5.74) is 6.47. The van der Waals surface area contributed by atoms with Crippen molar-refractivity contribution in [2.45, 2.75) is 6.42 Å². The van der Waals surface area contributed by atoms with E-state index < -0.39 is 0 Å². The number of hydrogen-bond donors (Lipinski definition) is 2. The van der Waals surface area contributed by atoms with Crippen LogP contribution in [0.15, 0.2) is 12.1 Å². The average molecular weight is 282 g/mol. The van der Waals surface area contributed by atoms with Gasteiger partial charge in [-0.25, -0.2) is 0 Å². The summed E-state index contributed by atoms with van der Waals surface area (Å²) in [6.07, 6.45) is 0.437. The fourth-order valence-corrected chi connectivity index (χ4v) is 2.01. The van der Waals surface area contributed by atoms with E-state index in [9.17, 15) is 4.79 Å². The first kappa shape index (κ1) is 16.1. The van der Waals surface area contributed by atoms with Crippen LogP contribution in [-0.2, 0) is 11.2 Å². The Labute approximate surface area is 119 Å². The van der Waals surface area contributed by atoms with Gasteiger partial charge in [0.15, 0.2) is 0 Å². The van der Waals surface area contributed by atoms with Crippen LogP contribution >= 0.6 is 0 Å². The lowest BCUT2D eigenvalue weighted by Gasteiger charge is -2.18. The van der Waals surface area contributed by atoms with Gasteiger partial charge in [0.1, 0.15) is 17.2 Å². The fraction of sp³-hybridized carbons (Fsp3) is 0.500. The molecule has 0 aliphatic rings. The minimum atomic E-state index is -0.337. The van der Waals surface area contributed by atoms with Crippen LogP contribution < -0.4 is 25.3 Å². The second-order valence-corrected chi connectivity index (χ2v) is 4.26. The lowest BCUT2D eigenvalue weighted by atomic mass is 9.97. The molecule has 1 amide bonds. The molecule has 6 nitrogen and oxygen atoms in total. The lowest BCUT2D eigenvalue weighted by Crippen LogP contribution is -2.34. The van der Waals surface area contributed by atoms with Crippen LogP contribution in [0.2, 0.25) is 0 Å². The van der Waals surface area contributed by atoms with E-state index in [1.807, 2.05) is 0 Å². The first-order chi connectivity index (χ1) is 9.60. The predicted octanol–water partition coefficient (Wildman–Crippen LogP) is 0.576. The van der Waals surface area contributed by atoms with Gasteiger partial charge in [0, 0.05) is 31.3 Å². The normalized spacial score (nSPS) is 11.7. The van der Waals surface area contributed by atoms with Crippen LogP contribution in [-0.4, -0.2) is 40.8 Å². The minimum absolute atomic E-state index is 0.104. The van der Waals surface area contributed by atoms with Gasteiger partial charge in [-0.05, 0) is 6.42 Å². The molecule has 0 spiro atoms. The van der Waals surface area contributed by atoms with Crippen LogP contribution in [0, 0.1) is 5.92 Å². The molecule has 0 saturated heterocycles. The number of hydrogen-bond acceptors (Lipinski definition) is 5. The largest absolute Gasteiger partial charge is 0.496 e. The third kappa shape index (κ3) is 3.54. The number of rotatable bonds is 7. The molecule has 3 N–H and O–H groups in total. The van der Waals surface area contributed by atoms with Gasteiger partial charge in [0.05, 0.1) is 27.2 Å². The van der Waals surface area contributed by atoms with Crippen molar-refractivity contribution in [3.05, 3.63) is 17.7 Å². The van der Waals surface area contributed by atoms with Crippen LogP contribution in [0.25, 0.3) is 0 Å². The molecule has 0 fully saturated rings. The second-order valence-electron chi connectivity index (χ2n) is 4.26. The molecule has 0 saturated carbocycles. The van der Waals surface area contributed by atoms with Gasteiger partial charge in [0.25, 0.3) is 0 Å². The average Bonchev–Trinajstić information content (AvgIpc) is 2.50. The maximum absolute atomic E-state index is 11.8. The van der Waals surface area contributed by atoms with Crippen molar-refractivity contribution in [3.63, 3.8) is 0 Å². The summed E-state index contributed by atoms with van der Waals surface area (Å²) in [4.78, 5) is 11.8. The highest BCUT2D eigenvalue weighted by atomic mass is 16.5. The molecule has 1 aromatic carbocycles. The van der Waals surface area contributed by atoms with Crippen molar-refractivity contribution in [1.29, 1.82) is 0 Å². The smallest absolute Gasteiger partial charge is 0.224 e. The molecule has 1 rings (SSSR count). The Morgan fingerprint density at radius 2 is 1.75 bits per heavy atom. The molecular weight excluding hydrogens is 260 g/mol. The summed E-state index contributed by atoms with van der Waals surface area (Å²) in [5.74, 6) is 1.42. The van der Waals surface area contributed by atoms with E-state index in [-0.39, 0.29) is 18.4 Å². The van der Waals surface area contributed by atoms with E-state index in [1.165, 1.54) is 0 Å². The van der Waals surface area contributed by atoms with Gasteiger partial charge in [0.2, 0.25) is 5.91 Å². The van der Waals surface area contributed by atoms with E-state index in [1.54, 1.807) is 40.5 Å². The molecule has 0 radical (unpaired) electrons. The van der Waals surface area contributed by atoms with Crippen LogP contribution in [0.5, 0.6) is 17.2 Å². The van der Waals surface area contributed by atoms with Gasteiger partial charge >= 0.3 is 0 Å². The van der Waals surface area contributed by atoms with Crippen molar-refractivity contribution >= 4 is 5.91 Å². The van der Waals surface area contributed by atoms with E-state index in [0.717, 1.165) is 5.56 Å². The molecule has 1 atom stereocenters. The molecule has 0 bridgehead atoms. The fourth-order valence-electron chi connectivity index (χ4n) is 2.01. The molecule has 0 aliphatic heterocycles. The zero-order valence-corrected chi connectivity index (χ0v) is 12.4. The van der Waals surface area contributed by atoms with E-state index >= 15 is 0 Å². The number of nitrogens with two attached hydrogens (primary N) is 1. The number of methoxy groups -OCH3 is 3. The number of ether oxygens (including phenoxy) is 3. The highest BCUT2D eigenvalue weighted by molar-refractivity contribution is 5.79. The van der Waals surface area contributed by atoms with Gasteiger partial charge in [-0.15, -0.1) is 0 Å². The predicted molar refractivity (Wildman–Crippen MR) is 76.4 cm³/mol. The first-order valence-electron chi connectivity index (χ1n) is 6.31. The number of benzene rings is 1. The molecule has 0 aromatic heterocycles. The van der Waals surface area contributed by atoms with Crippen molar-refractivity contribution in [1.82, 2.24) is 5.32 Å². The van der Waals surface area contributed by atoms with Crippen molar-refractivity contribution < 1.29 is 19.0 Å². The van der Waals surface area contributed by atoms with E-state index in [0.29, 0.717) is 23.7 Å². The summed E-state index contributed by atoms with van der Waals surface area (Å²) in [7, 11) is 6.29. The van der Waals surface area contributed by atoms with Gasteiger partial charge in [-0.2, -0.15) is 0 Å². The number of carbonyl (C=O) groups excluding carboxylic acids is 1. The zero-order chi connectivity index (χ0) is 15.1. The van der Waals surface area contributed by atoms with Gasteiger partial charge < -0.3 is 25.3 Å². The Balaban J connectivity index is 3.17. The quantitative estimate of drug-likeness (QED) is 0.764. The Hall–Kier alpha value is -1.95. The summed E-state index contributed by atoms with van der Waals surface area (Å²) in [6, 6.07) is 3.52. The molecule has 6 heteroatoms. The number of nitrogens with one attached hydrogen (secondary N) is 1.